The van der Waals surface area contributed by atoms with Gasteiger partial charge in [0, 0.05) is 5.92 Å². The fraction of sp³-hybridized carbons (Fsp3) is 0.462. The largest absolute Gasteiger partial charge is 0.369 e. The Morgan fingerprint density at radius 1 is 1.12 bits per heavy atom. The molecule has 2 N–H and O–H groups in total. The van der Waals surface area contributed by atoms with E-state index in [1.807, 2.05) is 12.1 Å². The molecule has 1 amide bonds. The normalized spacial score (nSPS) is 25.3. The molecule has 1 aliphatic rings. The number of hydrogen-bond donors (Lipinski definition) is 1. The van der Waals surface area contributed by atoms with E-state index >= 15 is 0 Å². The molecule has 2 nitrogen and oxygen atoms in total. The van der Waals surface area contributed by atoms with Gasteiger partial charge in [-0.1, -0.05) is 12.1 Å². The number of carbonyl (C=O) groups excluding carboxylic acids is 1. The number of primary amides is 1. The minimum Gasteiger partial charge on any atom is -0.369 e. The summed E-state index contributed by atoms with van der Waals surface area (Å²) in [7, 11) is 0. The second-order valence-electron chi connectivity index (χ2n) is 4.50. The van der Waals surface area contributed by atoms with Crippen LogP contribution in [0, 0.1) is 11.7 Å². The van der Waals surface area contributed by atoms with Gasteiger partial charge in [-0.3, -0.25) is 4.79 Å². The number of benzene rings is 1. The third kappa shape index (κ3) is 2.40. The summed E-state index contributed by atoms with van der Waals surface area (Å²) in [5, 5.41) is 0. The van der Waals surface area contributed by atoms with Crippen LogP contribution in [-0.2, 0) is 4.79 Å². The van der Waals surface area contributed by atoms with E-state index in [4.69, 9.17) is 5.73 Å². The van der Waals surface area contributed by atoms with Gasteiger partial charge < -0.3 is 5.73 Å². The highest BCUT2D eigenvalue weighted by Gasteiger charge is 2.25. The van der Waals surface area contributed by atoms with Crippen LogP contribution in [0.3, 0.4) is 0 Å². The topological polar surface area (TPSA) is 43.1 Å². The molecule has 0 atom stereocenters. The summed E-state index contributed by atoms with van der Waals surface area (Å²) in [6, 6.07) is 6.67. The first kappa shape index (κ1) is 11.1. The standard InChI is InChI=1S/C13H16FNO/c14-12-7-5-10(6-8-12)9-1-3-11(4-2-9)13(15)16/h5-9,11H,1-4H2,(H2,15,16). The van der Waals surface area contributed by atoms with E-state index in [0.29, 0.717) is 5.92 Å². The summed E-state index contributed by atoms with van der Waals surface area (Å²) in [5.41, 5.74) is 6.45. The Labute approximate surface area is 94.6 Å². The van der Waals surface area contributed by atoms with Gasteiger partial charge in [0.2, 0.25) is 5.91 Å². The van der Waals surface area contributed by atoms with Crippen LogP contribution in [-0.4, -0.2) is 5.91 Å². The van der Waals surface area contributed by atoms with Crippen molar-refractivity contribution in [3.05, 3.63) is 35.6 Å². The van der Waals surface area contributed by atoms with Crippen LogP contribution in [0.4, 0.5) is 4.39 Å². The average molecular weight is 221 g/mol. The molecule has 86 valence electrons. The first-order valence-electron chi connectivity index (χ1n) is 5.71. The molecule has 0 unspecified atom stereocenters. The number of nitrogens with two attached hydrogens (primary N) is 1. The molecule has 0 heterocycles. The zero-order valence-electron chi connectivity index (χ0n) is 9.16. The molecular weight excluding hydrogens is 205 g/mol. The summed E-state index contributed by atoms with van der Waals surface area (Å²) in [5.74, 6) is 0.111. The first-order valence-corrected chi connectivity index (χ1v) is 5.71. The maximum absolute atomic E-state index is 12.8. The van der Waals surface area contributed by atoms with E-state index in [1.165, 1.54) is 17.7 Å². The maximum Gasteiger partial charge on any atom is 0.220 e. The maximum atomic E-state index is 12.8. The molecule has 0 spiro atoms. The van der Waals surface area contributed by atoms with E-state index < -0.39 is 0 Å². The highest BCUT2D eigenvalue weighted by atomic mass is 19.1. The molecule has 0 radical (unpaired) electrons. The predicted octanol–water partition coefficient (Wildman–Crippen LogP) is 2.58. The van der Waals surface area contributed by atoms with Gasteiger partial charge in [-0.2, -0.15) is 0 Å². The predicted molar refractivity (Wildman–Crippen MR) is 60.3 cm³/mol. The molecule has 1 saturated carbocycles. The van der Waals surface area contributed by atoms with Gasteiger partial charge in [-0.05, 0) is 49.3 Å². The Hall–Kier alpha value is -1.38. The van der Waals surface area contributed by atoms with Crippen LogP contribution in [0.1, 0.15) is 37.2 Å². The Balaban J connectivity index is 1.99. The number of carbonyl (C=O) groups is 1. The van der Waals surface area contributed by atoms with Crippen LogP contribution in [0.15, 0.2) is 24.3 Å². The molecule has 1 aromatic carbocycles. The number of rotatable bonds is 2. The van der Waals surface area contributed by atoms with Gasteiger partial charge in [0.1, 0.15) is 5.82 Å². The summed E-state index contributed by atoms with van der Waals surface area (Å²) in [6.07, 6.45) is 3.66. The number of amides is 1. The lowest BCUT2D eigenvalue weighted by Gasteiger charge is -2.26. The zero-order valence-corrected chi connectivity index (χ0v) is 9.16. The quantitative estimate of drug-likeness (QED) is 0.819. The second-order valence-corrected chi connectivity index (χ2v) is 4.50. The Morgan fingerprint density at radius 2 is 1.69 bits per heavy atom. The van der Waals surface area contributed by atoms with Gasteiger partial charge >= 0.3 is 0 Å². The molecule has 1 aromatic rings. The van der Waals surface area contributed by atoms with E-state index in [-0.39, 0.29) is 17.6 Å². The molecule has 0 aromatic heterocycles. The molecule has 0 bridgehead atoms. The van der Waals surface area contributed by atoms with Crippen molar-refractivity contribution in [2.24, 2.45) is 11.7 Å². The van der Waals surface area contributed by atoms with Crippen molar-refractivity contribution < 1.29 is 9.18 Å². The number of hydrogen-bond acceptors (Lipinski definition) is 1. The lowest BCUT2D eigenvalue weighted by Crippen LogP contribution is -2.27. The van der Waals surface area contributed by atoms with Crippen molar-refractivity contribution in [2.45, 2.75) is 31.6 Å². The molecule has 3 heteroatoms. The van der Waals surface area contributed by atoms with Gasteiger partial charge in [0.05, 0.1) is 0 Å². The summed E-state index contributed by atoms with van der Waals surface area (Å²) >= 11 is 0. The Morgan fingerprint density at radius 3 is 2.19 bits per heavy atom. The minimum atomic E-state index is -0.199. The fourth-order valence-corrected chi connectivity index (χ4v) is 2.45. The number of halogens is 1. The zero-order chi connectivity index (χ0) is 11.5. The third-order valence-electron chi connectivity index (χ3n) is 3.47. The van der Waals surface area contributed by atoms with Crippen molar-refractivity contribution in [3.63, 3.8) is 0 Å². The van der Waals surface area contributed by atoms with Crippen molar-refractivity contribution in [3.8, 4) is 0 Å². The van der Waals surface area contributed by atoms with E-state index in [9.17, 15) is 9.18 Å². The van der Waals surface area contributed by atoms with Gasteiger partial charge in [0.15, 0.2) is 0 Å². The Bertz CT molecular complexity index is 366. The minimum absolute atomic E-state index is 0.0386. The lowest BCUT2D eigenvalue weighted by atomic mass is 9.78. The van der Waals surface area contributed by atoms with E-state index in [2.05, 4.69) is 0 Å². The van der Waals surface area contributed by atoms with Crippen LogP contribution in [0.25, 0.3) is 0 Å². The van der Waals surface area contributed by atoms with Crippen LogP contribution < -0.4 is 5.73 Å². The molecule has 1 aliphatic carbocycles. The second kappa shape index (κ2) is 4.64. The molecule has 0 saturated heterocycles. The van der Waals surface area contributed by atoms with E-state index in [1.54, 1.807) is 0 Å². The highest BCUT2D eigenvalue weighted by molar-refractivity contribution is 5.76. The van der Waals surface area contributed by atoms with Gasteiger partial charge in [-0.25, -0.2) is 4.39 Å². The van der Waals surface area contributed by atoms with E-state index in [0.717, 1.165) is 25.7 Å². The fourth-order valence-electron chi connectivity index (χ4n) is 2.45. The summed E-state index contributed by atoms with van der Waals surface area (Å²) in [6.45, 7) is 0. The lowest BCUT2D eigenvalue weighted by molar-refractivity contribution is -0.122. The van der Waals surface area contributed by atoms with Crippen LogP contribution >= 0.6 is 0 Å². The SMILES string of the molecule is NC(=O)C1CCC(c2ccc(F)cc2)CC1. The van der Waals surface area contributed by atoms with Crippen molar-refractivity contribution in [2.75, 3.05) is 0 Å². The molecule has 2 rings (SSSR count). The van der Waals surface area contributed by atoms with Crippen molar-refractivity contribution in [1.82, 2.24) is 0 Å². The average Bonchev–Trinajstić information content (AvgIpc) is 2.30. The van der Waals surface area contributed by atoms with Crippen molar-refractivity contribution >= 4 is 5.91 Å². The molecule has 16 heavy (non-hydrogen) atoms. The smallest absolute Gasteiger partial charge is 0.220 e. The Kier molecular flexibility index (Phi) is 3.22. The monoisotopic (exact) mass is 221 g/mol. The van der Waals surface area contributed by atoms with Crippen LogP contribution in [0.2, 0.25) is 0 Å². The summed E-state index contributed by atoms with van der Waals surface area (Å²) < 4.78 is 12.8. The van der Waals surface area contributed by atoms with Crippen molar-refractivity contribution in [1.29, 1.82) is 0 Å². The molecule has 0 aliphatic heterocycles. The highest BCUT2D eigenvalue weighted by Crippen LogP contribution is 2.35. The van der Waals surface area contributed by atoms with Gasteiger partial charge in [0.25, 0.3) is 0 Å². The molecule has 1 fully saturated rings. The third-order valence-corrected chi connectivity index (χ3v) is 3.47. The first-order chi connectivity index (χ1) is 7.66. The van der Waals surface area contributed by atoms with Crippen LogP contribution in [0.5, 0.6) is 0 Å². The molecular formula is C13H16FNO. The summed E-state index contributed by atoms with van der Waals surface area (Å²) in [4.78, 5) is 11.0. The van der Waals surface area contributed by atoms with Gasteiger partial charge in [-0.15, -0.1) is 0 Å².